The number of benzene rings is 2. The molecule has 1 aliphatic carbocycles. The fourth-order valence-corrected chi connectivity index (χ4v) is 3.45. The predicted octanol–water partition coefficient (Wildman–Crippen LogP) is 4.00. The molecule has 2 aromatic rings. The number of hydrogen-bond donors (Lipinski definition) is 1. The van der Waals surface area contributed by atoms with Gasteiger partial charge in [-0.15, -0.1) is 0 Å². The fraction of sp³-hybridized carbons (Fsp3) is 0.316. The highest BCUT2D eigenvalue weighted by molar-refractivity contribution is 6.07. The van der Waals surface area contributed by atoms with Crippen LogP contribution in [0.1, 0.15) is 39.5 Å². The molecule has 0 aliphatic heterocycles. The number of rotatable bonds is 2. The molecule has 0 saturated heterocycles. The van der Waals surface area contributed by atoms with E-state index in [0.29, 0.717) is 18.4 Å². The van der Waals surface area contributed by atoms with E-state index < -0.39 is 5.41 Å². The van der Waals surface area contributed by atoms with Crippen molar-refractivity contribution in [3.63, 3.8) is 0 Å². The van der Waals surface area contributed by atoms with Crippen molar-refractivity contribution in [1.29, 1.82) is 0 Å². The molecule has 2 heteroatoms. The second-order valence-corrected chi connectivity index (χ2v) is 6.44. The maximum absolute atomic E-state index is 12.9. The molecule has 108 valence electrons. The van der Waals surface area contributed by atoms with Crippen LogP contribution in [0.25, 0.3) is 0 Å². The molecule has 0 heterocycles. The Balaban J connectivity index is 2.04. The first-order chi connectivity index (χ1) is 9.92. The van der Waals surface area contributed by atoms with Gasteiger partial charge >= 0.3 is 0 Å². The summed E-state index contributed by atoms with van der Waals surface area (Å²) in [6, 6.07) is 12.1. The van der Waals surface area contributed by atoms with Gasteiger partial charge in [-0.2, -0.15) is 0 Å². The van der Waals surface area contributed by atoms with E-state index in [-0.39, 0.29) is 11.5 Å². The zero-order chi connectivity index (χ0) is 15.2. The smallest absolute Gasteiger partial charge is 0.173 e. The third-order valence-corrected chi connectivity index (χ3v) is 4.60. The number of phenols is 1. The SMILES string of the molecule is Cc1cc(C)c2c(c1O)C(=O)[C@@](C)(Cc1ccccc1)C2. The summed E-state index contributed by atoms with van der Waals surface area (Å²) in [5.74, 6) is 0.239. The molecule has 0 spiro atoms. The molecule has 0 bridgehead atoms. The molecule has 0 unspecified atom stereocenters. The van der Waals surface area contributed by atoms with Gasteiger partial charge in [0.1, 0.15) is 5.75 Å². The molecule has 0 saturated carbocycles. The predicted molar refractivity (Wildman–Crippen MR) is 83.9 cm³/mol. The summed E-state index contributed by atoms with van der Waals surface area (Å²) in [5.41, 5.74) is 4.15. The third-order valence-electron chi connectivity index (χ3n) is 4.60. The van der Waals surface area contributed by atoms with Crippen LogP contribution in [0.2, 0.25) is 0 Å². The molecule has 3 rings (SSSR count). The monoisotopic (exact) mass is 280 g/mol. The topological polar surface area (TPSA) is 37.3 Å². The van der Waals surface area contributed by atoms with Gasteiger partial charge in [-0.3, -0.25) is 4.79 Å². The van der Waals surface area contributed by atoms with Crippen molar-refractivity contribution in [3.8, 4) is 5.75 Å². The minimum Gasteiger partial charge on any atom is -0.507 e. The maximum atomic E-state index is 12.9. The number of ketones is 1. The molecule has 1 N–H and O–H groups in total. The van der Waals surface area contributed by atoms with Gasteiger partial charge in [0, 0.05) is 5.41 Å². The molecule has 0 aromatic heterocycles. The van der Waals surface area contributed by atoms with Crippen molar-refractivity contribution >= 4 is 5.78 Å². The lowest BCUT2D eigenvalue weighted by molar-refractivity contribution is 0.0839. The highest BCUT2D eigenvalue weighted by atomic mass is 16.3. The van der Waals surface area contributed by atoms with Crippen molar-refractivity contribution in [2.45, 2.75) is 33.6 Å². The van der Waals surface area contributed by atoms with Crippen LogP contribution in [0.3, 0.4) is 0 Å². The largest absolute Gasteiger partial charge is 0.507 e. The zero-order valence-electron chi connectivity index (χ0n) is 12.7. The second-order valence-electron chi connectivity index (χ2n) is 6.44. The molecule has 0 fully saturated rings. The van der Waals surface area contributed by atoms with E-state index in [0.717, 1.165) is 22.3 Å². The Morgan fingerprint density at radius 3 is 2.48 bits per heavy atom. The number of phenolic OH excluding ortho intramolecular Hbond substituents is 1. The van der Waals surface area contributed by atoms with Crippen LogP contribution in [0.4, 0.5) is 0 Å². The summed E-state index contributed by atoms with van der Waals surface area (Å²) in [6.07, 6.45) is 1.41. The van der Waals surface area contributed by atoms with Gasteiger partial charge in [0.25, 0.3) is 0 Å². The lowest BCUT2D eigenvalue weighted by Crippen LogP contribution is -2.26. The van der Waals surface area contributed by atoms with Gasteiger partial charge < -0.3 is 5.11 Å². The number of carbonyl (C=O) groups excluding carboxylic acids is 1. The standard InChI is InChI=1S/C19H20O2/c1-12-9-13(2)17(20)16-15(12)11-19(3,18(16)21)10-14-7-5-4-6-8-14/h4-9,20H,10-11H2,1-3H3/t19-/m0/s1. The van der Waals surface area contributed by atoms with Crippen molar-refractivity contribution in [1.82, 2.24) is 0 Å². The van der Waals surface area contributed by atoms with Crippen LogP contribution in [0, 0.1) is 19.3 Å². The van der Waals surface area contributed by atoms with E-state index in [1.165, 1.54) is 0 Å². The third kappa shape index (κ3) is 2.15. The minimum atomic E-state index is -0.459. The Hall–Kier alpha value is -2.09. The van der Waals surface area contributed by atoms with Crippen LogP contribution in [0.15, 0.2) is 36.4 Å². The highest BCUT2D eigenvalue weighted by Crippen LogP contribution is 2.45. The van der Waals surface area contributed by atoms with Crippen LogP contribution < -0.4 is 0 Å². The first kappa shape index (κ1) is 13.9. The van der Waals surface area contributed by atoms with Crippen molar-refractivity contribution in [2.75, 3.05) is 0 Å². The van der Waals surface area contributed by atoms with E-state index in [1.54, 1.807) is 0 Å². The van der Waals surface area contributed by atoms with Gasteiger partial charge in [0.15, 0.2) is 5.78 Å². The Bertz CT molecular complexity index is 716. The number of carbonyl (C=O) groups is 1. The number of aryl methyl sites for hydroxylation is 2. The Morgan fingerprint density at radius 2 is 1.81 bits per heavy atom. The highest BCUT2D eigenvalue weighted by Gasteiger charge is 2.44. The fourth-order valence-electron chi connectivity index (χ4n) is 3.45. The van der Waals surface area contributed by atoms with Crippen molar-refractivity contribution < 1.29 is 9.90 Å². The summed E-state index contributed by atoms with van der Waals surface area (Å²) in [7, 11) is 0. The molecule has 0 radical (unpaired) electrons. The Labute approximate surface area is 125 Å². The van der Waals surface area contributed by atoms with E-state index in [1.807, 2.05) is 45.0 Å². The van der Waals surface area contributed by atoms with E-state index >= 15 is 0 Å². The summed E-state index contributed by atoms with van der Waals surface area (Å²) < 4.78 is 0. The second kappa shape index (κ2) is 4.73. The van der Waals surface area contributed by atoms with Gasteiger partial charge in [0.2, 0.25) is 0 Å². The van der Waals surface area contributed by atoms with E-state index in [9.17, 15) is 9.90 Å². The van der Waals surface area contributed by atoms with Crippen LogP contribution in [0.5, 0.6) is 5.75 Å². The molecule has 2 aromatic carbocycles. The average Bonchev–Trinajstić information content (AvgIpc) is 2.71. The number of Topliss-reactive ketones (excluding diaryl/α,β-unsaturated/α-hetero) is 1. The van der Waals surface area contributed by atoms with E-state index in [4.69, 9.17) is 0 Å². The molecule has 1 atom stereocenters. The number of fused-ring (bicyclic) bond motifs is 1. The summed E-state index contributed by atoms with van der Waals surface area (Å²) in [6.45, 7) is 5.88. The van der Waals surface area contributed by atoms with Crippen LogP contribution in [-0.4, -0.2) is 10.9 Å². The Morgan fingerprint density at radius 1 is 1.14 bits per heavy atom. The Kier molecular flexibility index (Phi) is 3.12. The number of aromatic hydroxyl groups is 1. The summed E-state index contributed by atoms with van der Waals surface area (Å²) in [4.78, 5) is 12.9. The molecule has 21 heavy (non-hydrogen) atoms. The van der Waals surface area contributed by atoms with Crippen molar-refractivity contribution in [3.05, 3.63) is 64.2 Å². The average molecular weight is 280 g/mol. The summed E-state index contributed by atoms with van der Waals surface area (Å²) >= 11 is 0. The minimum absolute atomic E-state index is 0.0747. The first-order valence-electron chi connectivity index (χ1n) is 7.33. The van der Waals surface area contributed by atoms with Crippen molar-refractivity contribution in [2.24, 2.45) is 5.41 Å². The van der Waals surface area contributed by atoms with Gasteiger partial charge in [-0.1, -0.05) is 43.3 Å². The maximum Gasteiger partial charge on any atom is 0.173 e. The molecule has 1 aliphatic rings. The summed E-state index contributed by atoms with van der Waals surface area (Å²) in [5, 5.41) is 10.3. The lowest BCUT2D eigenvalue weighted by atomic mass is 9.80. The molecular formula is C19H20O2. The lowest BCUT2D eigenvalue weighted by Gasteiger charge is -2.22. The quantitative estimate of drug-likeness (QED) is 0.903. The first-order valence-corrected chi connectivity index (χ1v) is 7.33. The van der Waals surface area contributed by atoms with Gasteiger partial charge in [0.05, 0.1) is 5.56 Å². The van der Waals surface area contributed by atoms with Gasteiger partial charge in [-0.05, 0) is 48.9 Å². The van der Waals surface area contributed by atoms with E-state index in [2.05, 4.69) is 12.1 Å². The number of hydrogen-bond acceptors (Lipinski definition) is 2. The molecule has 2 nitrogen and oxygen atoms in total. The van der Waals surface area contributed by atoms with Crippen LogP contribution in [-0.2, 0) is 12.8 Å². The van der Waals surface area contributed by atoms with Gasteiger partial charge in [-0.25, -0.2) is 0 Å². The normalized spacial score (nSPS) is 20.6. The molecule has 0 amide bonds. The van der Waals surface area contributed by atoms with Crippen LogP contribution >= 0.6 is 0 Å². The zero-order valence-corrected chi connectivity index (χ0v) is 12.7. The molecular weight excluding hydrogens is 260 g/mol.